The first kappa shape index (κ1) is 15.1. The summed E-state index contributed by atoms with van der Waals surface area (Å²) >= 11 is 1.61. The van der Waals surface area contributed by atoms with E-state index in [0.29, 0.717) is 5.56 Å². The summed E-state index contributed by atoms with van der Waals surface area (Å²) < 4.78 is 20.4. The maximum absolute atomic E-state index is 14.3. The smallest absolute Gasteiger partial charge is 0.213 e. The molecular weight excluding hydrogens is 313 g/mol. The molecule has 0 spiro atoms. The van der Waals surface area contributed by atoms with E-state index in [1.54, 1.807) is 17.8 Å². The Bertz CT molecular complexity index is 703. The molecule has 0 radical (unpaired) electrons. The maximum atomic E-state index is 14.3. The van der Waals surface area contributed by atoms with Crippen molar-refractivity contribution in [3.63, 3.8) is 0 Å². The summed E-state index contributed by atoms with van der Waals surface area (Å²) in [7, 11) is 2.11. The van der Waals surface area contributed by atoms with E-state index in [-0.39, 0.29) is 18.0 Å². The van der Waals surface area contributed by atoms with Gasteiger partial charge in [0, 0.05) is 18.7 Å². The lowest BCUT2D eigenvalue weighted by atomic mass is 9.99. The third kappa shape index (κ3) is 2.75. The summed E-state index contributed by atoms with van der Waals surface area (Å²) in [6.45, 7) is 3.91. The van der Waals surface area contributed by atoms with Crippen molar-refractivity contribution in [1.29, 1.82) is 0 Å². The fourth-order valence-corrected chi connectivity index (χ4v) is 4.29. The van der Waals surface area contributed by atoms with Crippen LogP contribution < -0.4 is 10.9 Å². The van der Waals surface area contributed by atoms with Crippen molar-refractivity contribution in [2.75, 3.05) is 20.1 Å². The van der Waals surface area contributed by atoms with Crippen LogP contribution in [-0.4, -0.2) is 37.2 Å². The molecule has 1 aromatic carbocycles. The van der Waals surface area contributed by atoms with Gasteiger partial charge in [0.2, 0.25) is 5.88 Å². The number of halogens is 1. The molecule has 2 N–H and O–H groups in total. The van der Waals surface area contributed by atoms with Crippen LogP contribution in [0.1, 0.15) is 17.5 Å². The van der Waals surface area contributed by atoms with Gasteiger partial charge in [-0.2, -0.15) is 0 Å². The van der Waals surface area contributed by atoms with E-state index in [1.165, 1.54) is 0 Å². The second kappa shape index (κ2) is 5.85. The topological polar surface area (TPSA) is 36.5 Å². The van der Waals surface area contributed by atoms with Crippen LogP contribution in [0.4, 0.5) is 4.39 Å². The minimum Gasteiger partial charge on any atom is -0.473 e. The molecule has 0 saturated carbocycles. The number of likely N-dealkylation sites (tertiary alicyclic amines) is 1. The van der Waals surface area contributed by atoms with Crippen molar-refractivity contribution in [3.05, 3.63) is 51.3 Å². The second-order valence-corrected chi connectivity index (χ2v) is 7.27. The van der Waals surface area contributed by atoms with Gasteiger partial charge in [0.15, 0.2) is 0 Å². The van der Waals surface area contributed by atoms with E-state index in [1.807, 2.05) is 24.5 Å². The van der Waals surface area contributed by atoms with Crippen molar-refractivity contribution in [1.82, 2.24) is 15.8 Å². The molecule has 3 aliphatic rings. The quantitative estimate of drug-likeness (QED) is 0.889. The molecule has 0 amide bonds. The highest BCUT2D eigenvalue weighted by Gasteiger charge is 2.37. The van der Waals surface area contributed by atoms with Gasteiger partial charge < -0.3 is 9.64 Å². The van der Waals surface area contributed by atoms with Crippen LogP contribution >= 0.6 is 11.8 Å². The van der Waals surface area contributed by atoms with E-state index in [4.69, 9.17) is 4.74 Å². The molecule has 6 heteroatoms. The van der Waals surface area contributed by atoms with Crippen LogP contribution in [0, 0.1) is 12.7 Å². The second-order valence-electron chi connectivity index (χ2n) is 6.36. The maximum Gasteiger partial charge on any atom is 0.213 e. The normalized spacial score (nSPS) is 27.2. The van der Waals surface area contributed by atoms with Crippen LogP contribution in [0.25, 0.3) is 5.57 Å². The molecule has 1 aromatic rings. The molecule has 2 atom stereocenters. The molecule has 3 heterocycles. The van der Waals surface area contributed by atoms with E-state index in [9.17, 15) is 4.39 Å². The van der Waals surface area contributed by atoms with Gasteiger partial charge in [0.05, 0.1) is 10.9 Å². The van der Waals surface area contributed by atoms with Gasteiger partial charge >= 0.3 is 0 Å². The summed E-state index contributed by atoms with van der Waals surface area (Å²) in [6, 6.07) is 5.34. The van der Waals surface area contributed by atoms with Gasteiger partial charge in [0.1, 0.15) is 11.9 Å². The molecule has 3 aliphatic heterocycles. The largest absolute Gasteiger partial charge is 0.473 e. The molecular formula is C17H20FN3OS. The molecule has 4 rings (SSSR count). The van der Waals surface area contributed by atoms with E-state index >= 15 is 0 Å². The predicted octanol–water partition coefficient (Wildman–Crippen LogP) is 2.59. The van der Waals surface area contributed by atoms with E-state index < -0.39 is 0 Å². The highest BCUT2D eigenvalue weighted by molar-refractivity contribution is 8.06. The minimum absolute atomic E-state index is 0.0358. The Morgan fingerprint density at radius 1 is 1.39 bits per heavy atom. The zero-order valence-corrected chi connectivity index (χ0v) is 14.0. The number of fused-ring (bicyclic) bond motifs is 1. The number of hydrazine groups is 1. The molecule has 4 nitrogen and oxygen atoms in total. The standard InChI is InChI=1S/C17H20FN3OS/c1-10-3-4-12(14(18)7-10)13-9-23-16-15(13)19-20-17(16)22-11-5-6-21(2)8-11/h3-4,7,9,11,15,19-20H,5-6,8H2,1-2H3. The number of thioether (sulfide) groups is 1. The Morgan fingerprint density at radius 2 is 2.26 bits per heavy atom. The lowest BCUT2D eigenvalue weighted by Crippen LogP contribution is -2.34. The molecule has 0 bridgehead atoms. The summed E-state index contributed by atoms with van der Waals surface area (Å²) in [5.41, 5.74) is 8.90. The van der Waals surface area contributed by atoms with Crippen LogP contribution in [0.3, 0.4) is 0 Å². The van der Waals surface area contributed by atoms with Crippen molar-refractivity contribution >= 4 is 17.3 Å². The van der Waals surface area contributed by atoms with Crippen LogP contribution in [0.15, 0.2) is 34.4 Å². The summed E-state index contributed by atoms with van der Waals surface area (Å²) in [5, 5.41) is 2.02. The Kier molecular flexibility index (Phi) is 3.83. The van der Waals surface area contributed by atoms with Crippen molar-refractivity contribution in [2.24, 2.45) is 0 Å². The first-order chi connectivity index (χ1) is 11.1. The van der Waals surface area contributed by atoms with Gasteiger partial charge in [-0.15, -0.1) is 0 Å². The number of hydrogen-bond donors (Lipinski definition) is 2. The van der Waals surface area contributed by atoms with Gasteiger partial charge in [0.25, 0.3) is 0 Å². The van der Waals surface area contributed by atoms with Crippen LogP contribution in [-0.2, 0) is 4.74 Å². The number of nitrogens with zero attached hydrogens (tertiary/aromatic N) is 1. The predicted molar refractivity (Wildman–Crippen MR) is 90.8 cm³/mol. The Labute approximate surface area is 139 Å². The number of aryl methyl sites for hydroxylation is 1. The lowest BCUT2D eigenvalue weighted by molar-refractivity contribution is 0.108. The van der Waals surface area contributed by atoms with E-state index in [0.717, 1.165) is 41.4 Å². The molecule has 2 unspecified atom stereocenters. The minimum atomic E-state index is -0.174. The number of likely N-dealkylation sites (N-methyl/N-ethyl adjacent to an activating group) is 1. The highest BCUT2D eigenvalue weighted by atomic mass is 32.2. The lowest BCUT2D eigenvalue weighted by Gasteiger charge is -2.15. The van der Waals surface area contributed by atoms with Crippen molar-refractivity contribution < 1.29 is 9.13 Å². The summed E-state index contributed by atoms with van der Waals surface area (Å²) in [6.07, 6.45) is 1.26. The highest BCUT2D eigenvalue weighted by Crippen LogP contribution is 2.43. The molecule has 23 heavy (non-hydrogen) atoms. The van der Waals surface area contributed by atoms with Crippen molar-refractivity contribution in [3.8, 4) is 0 Å². The first-order valence-corrected chi connectivity index (χ1v) is 8.74. The number of hydrogen-bond acceptors (Lipinski definition) is 5. The third-order valence-corrected chi connectivity index (χ3v) is 5.55. The SMILES string of the molecule is Cc1ccc(C2=CSC3=C(OC4CCN(C)C4)NNC23)c(F)c1. The Morgan fingerprint density at radius 3 is 3.00 bits per heavy atom. The molecule has 1 saturated heterocycles. The van der Waals surface area contributed by atoms with Gasteiger partial charge in [-0.1, -0.05) is 23.9 Å². The van der Waals surface area contributed by atoms with Crippen molar-refractivity contribution in [2.45, 2.75) is 25.5 Å². The third-order valence-electron chi connectivity index (χ3n) is 4.51. The summed E-state index contributed by atoms with van der Waals surface area (Å²) in [5.74, 6) is 0.616. The average Bonchev–Trinajstić information content (AvgIpc) is 3.18. The van der Waals surface area contributed by atoms with Crippen LogP contribution in [0.2, 0.25) is 0 Å². The number of rotatable bonds is 3. The Balaban J connectivity index is 1.54. The van der Waals surface area contributed by atoms with Gasteiger partial charge in [-0.3, -0.25) is 5.43 Å². The first-order valence-electron chi connectivity index (χ1n) is 7.86. The molecule has 0 aromatic heterocycles. The molecule has 122 valence electrons. The monoisotopic (exact) mass is 333 g/mol. The average molecular weight is 333 g/mol. The fourth-order valence-electron chi connectivity index (χ4n) is 3.25. The zero-order chi connectivity index (χ0) is 16.0. The molecule has 1 fully saturated rings. The zero-order valence-electron chi connectivity index (χ0n) is 13.2. The Hall–Kier alpha value is -1.50. The number of benzene rings is 1. The van der Waals surface area contributed by atoms with Gasteiger partial charge in [-0.25, -0.2) is 9.82 Å². The number of ether oxygens (including phenoxy) is 1. The fraction of sp³-hybridized carbons (Fsp3) is 0.412. The number of nitrogens with one attached hydrogen (secondary N) is 2. The molecule has 0 aliphatic carbocycles. The van der Waals surface area contributed by atoms with Crippen LogP contribution in [0.5, 0.6) is 0 Å². The summed E-state index contributed by atoms with van der Waals surface area (Å²) in [4.78, 5) is 3.36. The van der Waals surface area contributed by atoms with Gasteiger partial charge in [-0.05, 0) is 43.0 Å². The van der Waals surface area contributed by atoms with E-state index in [2.05, 4.69) is 22.8 Å².